The Hall–Kier alpha value is -4.50. The average molecular weight is 528 g/mol. The predicted molar refractivity (Wildman–Crippen MR) is 143 cm³/mol. The number of aromatic nitrogens is 2. The zero-order chi connectivity index (χ0) is 27.4. The molecule has 198 valence electrons. The highest BCUT2D eigenvalue weighted by Crippen LogP contribution is 2.42. The lowest BCUT2D eigenvalue weighted by atomic mass is 9.80. The van der Waals surface area contributed by atoms with Crippen LogP contribution in [0, 0.1) is 6.92 Å². The van der Waals surface area contributed by atoms with Crippen LogP contribution in [-0.2, 0) is 15.1 Å². The van der Waals surface area contributed by atoms with Gasteiger partial charge in [-0.2, -0.15) is 0 Å². The summed E-state index contributed by atoms with van der Waals surface area (Å²) in [6.07, 6.45) is -2.97. The minimum atomic E-state index is -1.79. The third-order valence-corrected chi connectivity index (χ3v) is 6.90. The first-order chi connectivity index (χ1) is 19.0. The number of azide groups is 1. The summed E-state index contributed by atoms with van der Waals surface area (Å²) in [5.41, 5.74) is 9.35. The van der Waals surface area contributed by atoms with Crippen LogP contribution in [0.15, 0.2) is 112 Å². The van der Waals surface area contributed by atoms with E-state index in [9.17, 15) is 9.59 Å². The summed E-state index contributed by atoms with van der Waals surface area (Å²) >= 11 is 0. The molecule has 0 bridgehead atoms. The van der Waals surface area contributed by atoms with E-state index in [-0.39, 0.29) is 12.2 Å². The van der Waals surface area contributed by atoms with Crippen molar-refractivity contribution in [3.8, 4) is 0 Å². The first kappa shape index (κ1) is 26.1. The molecule has 3 aromatic carbocycles. The van der Waals surface area contributed by atoms with Crippen LogP contribution < -0.4 is 11.2 Å². The van der Waals surface area contributed by atoms with Crippen LogP contribution in [0.1, 0.15) is 28.5 Å². The number of H-pyrrole nitrogens is 1. The molecular weight excluding hydrogens is 501 g/mol. The highest BCUT2D eigenvalue weighted by molar-refractivity contribution is 5.47. The second-order valence-corrected chi connectivity index (χ2v) is 9.27. The number of rotatable bonds is 8. The lowest BCUT2D eigenvalue weighted by molar-refractivity contribution is -0.0873. The maximum atomic E-state index is 15.8. The maximum absolute atomic E-state index is 15.8. The highest BCUT2D eigenvalue weighted by atomic mass is 19.1. The van der Waals surface area contributed by atoms with E-state index in [1.807, 2.05) is 91.0 Å². The molecule has 4 unspecified atom stereocenters. The number of hydrogen-bond acceptors (Lipinski definition) is 5. The smallest absolute Gasteiger partial charge is 0.330 e. The lowest BCUT2D eigenvalue weighted by Crippen LogP contribution is -2.38. The quantitative estimate of drug-likeness (QED) is 0.154. The Labute approximate surface area is 223 Å². The fraction of sp³-hybridized carbons (Fsp3) is 0.241. The molecule has 5 rings (SSSR count). The van der Waals surface area contributed by atoms with Gasteiger partial charge >= 0.3 is 5.69 Å². The van der Waals surface area contributed by atoms with E-state index in [0.29, 0.717) is 0 Å². The van der Waals surface area contributed by atoms with Gasteiger partial charge in [0.05, 0.1) is 6.61 Å². The van der Waals surface area contributed by atoms with Crippen LogP contribution in [-0.4, -0.2) is 34.5 Å². The van der Waals surface area contributed by atoms with Gasteiger partial charge in [-0.3, -0.25) is 14.3 Å². The number of halogens is 1. The summed E-state index contributed by atoms with van der Waals surface area (Å²) in [6, 6.07) is 27.4. The minimum absolute atomic E-state index is 0.226. The van der Waals surface area contributed by atoms with Crippen molar-refractivity contribution in [1.29, 1.82) is 0 Å². The van der Waals surface area contributed by atoms with Crippen molar-refractivity contribution in [3.05, 3.63) is 151 Å². The van der Waals surface area contributed by atoms with E-state index in [1.165, 1.54) is 13.1 Å². The Morgan fingerprint density at radius 1 is 0.974 bits per heavy atom. The van der Waals surface area contributed by atoms with E-state index >= 15 is 4.39 Å². The first-order valence-corrected chi connectivity index (χ1v) is 12.4. The third kappa shape index (κ3) is 4.88. The molecule has 9 nitrogen and oxygen atoms in total. The molecule has 1 fully saturated rings. The third-order valence-electron chi connectivity index (χ3n) is 6.90. The zero-order valence-electron chi connectivity index (χ0n) is 21.1. The largest absolute Gasteiger partial charge is 0.358 e. The van der Waals surface area contributed by atoms with Crippen LogP contribution in [0.5, 0.6) is 0 Å². The number of nitrogens with zero attached hydrogens (tertiary/aromatic N) is 4. The van der Waals surface area contributed by atoms with E-state index in [0.717, 1.165) is 21.3 Å². The normalized spacial score (nSPS) is 20.9. The lowest BCUT2D eigenvalue weighted by Gasteiger charge is -2.36. The van der Waals surface area contributed by atoms with Gasteiger partial charge in [-0.05, 0) is 29.1 Å². The van der Waals surface area contributed by atoms with Gasteiger partial charge in [-0.1, -0.05) is 96.1 Å². The Balaban J connectivity index is 1.56. The predicted octanol–water partition coefficient (Wildman–Crippen LogP) is 4.77. The second-order valence-electron chi connectivity index (χ2n) is 9.27. The van der Waals surface area contributed by atoms with Gasteiger partial charge in [0.1, 0.15) is 30.1 Å². The van der Waals surface area contributed by atoms with Crippen molar-refractivity contribution in [2.75, 3.05) is 6.61 Å². The number of benzene rings is 3. The Morgan fingerprint density at radius 3 is 1.97 bits per heavy atom. The van der Waals surface area contributed by atoms with Gasteiger partial charge in [-0.25, -0.2) is 9.18 Å². The van der Waals surface area contributed by atoms with E-state index in [4.69, 9.17) is 15.0 Å². The fourth-order valence-corrected chi connectivity index (χ4v) is 5.00. The van der Waals surface area contributed by atoms with E-state index < -0.39 is 41.4 Å². The Morgan fingerprint density at radius 2 is 1.49 bits per heavy atom. The molecule has 1 aromatic heterocycles. The van der Waals surface area contributed by atoms with Gasteiger partial charge in [-0.15, -0.1) is 0 Å². The van der Waals surface area contributed by atoms with Crippen molar-refractivity contribution in [2.45, 2.75) is 37.1 Å². The minimum Gasteiger partial charge on any atom is -0.358 e. The Bertz CT molecular complexity index is 1490. The molecule has 39 heavy (non-hydrogen) atoms. The number of hydrogen-bond donors (Lipinski definition) is 1. The van der Waals surface area contributed by atoms with Crippen LogP contribution in [0.3, 0.4) is 0 Å². The number of aromatic amines is 1. The summed E-state index contributed by atoms with van der Waals surface area (Å²) in [5.74, 6) is 0. The van der Waals surface area contributed by atoms with Gasteiger partial charge in [0, 0.05) is 16.7 Å². The summed E-state index contributed by atoms with van der Waals surface area (Å²) in [7, 11) is 0. The van der Waals surface area contributed by atoms with E-state index in [2.05, 4.69) is 15.0 Å². The van der Waals surface area contributed by atoms with Gasteiger partial charge in [0.15, 0.2) is 0 Å². The molecule has 0 aliphatic carbocycles. The molecule has 4 atom stereocenters. The fourth-order valence-electron chi connectivity index (χ4n) is 5.00. The van der Waals surface area contributed by atoms with Crippen LogP contribution in [0.25, 0.3) is 10.4 Å². The van der Waals surface area contributed by atoms with Gasteiger partial charge < -0.3 is 9.47 Å². The first-order valence-electron chi connectivity index (χ1n) is 12.4. The second kappa shape index (κ2) is 11.1. The molecule has 1 N–H and O–H groups in total. The molecule has 0 saturated carbocycles. The maximum Gasteiger partial charge on any atom is 0.330 e. The van der Waals surface area contributed by atoms with Crippen LogP contribution >= 0.6 is 0 Å². The Kier molecular flexibility index (Phi) is 7.42. The molecule has 0 amide bonds. The average Bonchev–Trinajstić information content (AvgIpc) is 3.27. The number of alkyl halides is 1. The summed E-state index contributed by atoms with van der Waals surface area (Å²) < 4.78 is 29.5. The van der Waals surface area contributed by atoms with Crippen molar-refractivity contribution >= 4 is 0 Å². The molecule has 1 aliphatic heterocycles. The van der Waals surface area contributed by atoms with E-state index in [1.54, 1.807) is 0 Å². The summed E-state index contributed by atoms with van der Waals surface area (Å²) in [5, 5.41) is 3.60. The summed E-state index contributed by atoms with van der Waals surface area (Å²) in [4.78, 5) is 29.4. The molecular formula is C29H26FN5O4. The van der Waals surface area contributed by atoms with Crippen molar-refractivity contribution in [2.24, 2.45) is 5.11 Å². The van der Waals surface area contributed by atoms with Crippen LogP contribution in [0.2, 0.25) is 0 Å². The molecule has 10 heteroatoms. The highest BCUT2D eigenvalue weighted by Gasteiger charge is 2.48. The van der Waals surface area contributed by atoms with Crippen molar-refractivity contribution in [3.63, 3.8) is 0 Å². The SMILES string of the molecule is Cc1cn(C2OC(COC(c3ccccc3)(c3ccccc3)c3ccccc3)C(F)C2N=[N+]=[N-])c(=O)[nH]c1=O. The van der Waals surface area contributed by atoms with Crippen LogP contribution in [0.4, 0.5) is 4.39 Å². The molecule has 2 heterocycles. The molecule has 1 aliphatic rings. The number of nitrogens with one attached hydrogen (secondary N) is 1. The molecule has 1 saturated heterocycles. The van der Waals surface area contributed by atoms with Gasteiger partial charge in [0.2, 0.25) is 0 Å². The topological polar surface area (TPSA) is 122 Å². The van der Waals surface area contributed by atoms with Crippen molar-refractivity contribution < 1.29 is 13.9 Å². The molecule has 0 radical (unpaired) electrons. The zero-order valence-corrected chi connectivity index (χ0v) is 21.1. The van der Waals surface area contributed by atoms with Crippen molar-refractivity contribution in [1.82, 2.24) is 9.55 Å². The standard InChI is InChI=1S/C29H26FN5O4/c1-19-17-35(28(37)32-26(19)36)27-25(33-34-31)24(30)23(39-27)18-38-29(20-11-5-2-6-12-20,21-13-7-3-8-14-21)22-15-9-4-10-16-22/h2-17,23-25,27H,18H2,1H3,(H,32,36,37). The van der Waals surface area contributed by atoms with Gasteiger partial charge in [0.25, 0.3) is 5.56 Å². The monoisotopic (exact) mass is 527 g/mol. The number of ether oxygens (including phenoxy) is 2. The molecule has 0 spiro atoms. The molecule has 4 aromatic rings. The number of aryl methyl sites for hydroxylation is 1. The summed E-state index contributed by atoms with van der Waals surface area (Å²) in [6.45, 7) is 1.28.